The van der Waals surface area contributed by atoms with Gasteiger partial charge in [0.15, 0.2) is 11.5 Å². The third kappa shape index (κ3) is 5.03. The van der Waals surface area contributed by atoms with E-state index in [1.807, 2.05) is 49.4 Å². The molecule has 0 unspecified atom stereocenters. The number of hydrogen-bond donors (Lipinski definition) is 3. The summed E-state index contributed by atoms with van der Waals surface area (Å²) < 4.78 is 11.8. The molecule has 0 saturated heterocycles. The van der Waals surface area contributed by atoms with Gasteiger partial charge in [0, 0.05) is 12.2 Å². The number of anilines is 1. The van der Waals surface area contributed by atoms with Crippen LogP contribution in [0.25, 0.3) is 11.0 Å². The van der Waals surface area contributed by atoms with E-state index in [1.54, 1.807) is 0 Å². The van der Waals surface area contributed by atoms with E-state index in [-0.39, 0.29) is 5.69 Å². The number of rotatable bonds is 8. The third-order valence-corrected chi connectivity index (χ3v) is 5.13. The van der Waals surface area contributed by atoms with Crippen molar-refractivity contribution in [3.05, 3.63) is 86.8 Å². The summed E-state index contributed by atoms with van der Waals surface area (Å²) in [6, 6.07) is 17.6. The van der Waals surface area contributed by atoms with Crippen LogP contribution < -0.4 is 20.5 Å². The molecule has 0 fully saturated rings. The van der Waals surface area contributed by atoms with Crippen LogP contribution in [-0.2, 0) is 13.2 Å². The van der Waals surface area contributed by atoms with Gasteiger partial charge in [-0.05, 0) is 55.3 Å². The first-order chi connectivity index (χ1) is 15.0. The summed E-state index contributed by atoms with van der Waals surface area (Å²) >= 11 is 6.55. The van der Waals surface area contributed by atoms with Crippen LogP contribution in [0.3, 0.4) is 0 Å². The lowest BCUT2D eigenvalue weighted by Crippen LogP contribution is -2.04. The highest BCUT2D eigenvalue weighted by molar-refractivity contribution is 6.32. The number of benzene rings is 3. The summed E-state index contributed by atoms with van der Waals surface area (Å²) in [7, 11) is 0. The molecule has 1 aromatic heterocycles. The van der Waals surface area contributed by atoms with Crippen molar-refractivity contribution >= 4 is 28.3 Å². The molecule has 0 atom stereocenters. The molecule has 1 heterocycles. The number of aromatic amines is 2. The highest BCUT2D eigenvalue weighted by atomic mass is 35.5. The molecular formula is C24H24ClN3O3. The van der Waals surface area contributed by atoms with Crippen molar-refractivity contribution in [2.24, 2.45) is 0 Å². The highest BCUT2D eigenvalue weighted by Crippen LogP contribution is 2.37. The molecule has 0 aliphatic carbocycles. The summed E-state index contributed by atoms with van der Waals surface area (Å²) in [6.45, 7) is 5.43. The van der Waals surface area contributed by atoms with E-state index in [0.717, 1.165) is 27.8 Å². The number of ether oxygens (including phenoxy) is 2. The standard InChI is InChI=1S/C24H24ClN3O3/c1-3-30-22-11-17(13-26-18-7-8-20-21(12-18)28-24(29)27-20)10-19(25)23(22)31-14-16-6-4-5-15(2)9-16/h4-12,26H,3,13-14H2,1-2H3,(H2,27,28,29). The third-order valence-electron chi connectivity index (χ3n) is 4.85. The summed E-state index contributed by atoms with van der Waals surface area (Å²) in [4.78, 5) is 16.9. The summed E-state index contributed by atoms with van der Waals surface area (Å²) in [5.74, 6) is 1.16. The molecule has 0 saturated carbocycles. The molecule has 160 valence electrons. The van der Waals surface area contributed by atoms with Gasteiger partial charge >= 0.3 is 5.69 Å². The fraction of sp³-hybridized carbons (Fsp3) is 0.208. The smallest absolute Gasteiger partial charge is 0.323 e. The van der Waals surface area contributed by atoms with Crippen molar-refractivity contribution in [3.8, 4) is 11.5 Å². The fourth-order valence-corrected chi connectivity index (χ4v) is 3.72. The molecule has 0 radical (unpaired) electrons. The van der Waals surface area contributed by atoms with Gasteiger partial charge in [0.1, 0.15) is 6.61 Å². The Hall–Kier alpha value is -3.38. The molecule has 31 heavy (non-hydrogen) atoms. The van der Waals surface area contributed by atoms with Crippen LogP contribution >= 0.6 is 11.6 Å². The minimum atomic E-state index is -0.221. The normalized spacial score (nSPS) is 10.9. The number of aryl methyl sites for hydroxylation is 1. The monoisotopic (exact) mass is 437 g/mol. The molecule has 0 spiro atoms. The van der Waals surface area contributed by atoms with Gasteiger partial charge in [0.05, 0.1) is 22.7 Å². The van der Waals surface area contributed by atoms with Gasteiger partial charge in [0.25, 0.3) is 0 Å². The maximum atomic E-state index is 11.4. The van der Waals surface area contributed by atoms with Gasteiger partial charge in [-0.1, -0.05) is 41.4 Å². The number of H-pyrrole nitrogens is 2. The van der Waals surface area contributed by atoms with Crippen molar-refractivity contribution in [3.63, 3.8) is 0 Å². The van der Waals surface area contributed by atoms with Crippen LogP contribution in [0, 0.1) is 6.92 Å². The molecular weight excluding hydrogens is 414 g/mol. The van der Waals surface area contributed by atoms with Crippen molar-refractivity contribution in [1.29, 1.82) is 0 Å². The van der Waals surface area contributed by atoms with Gasteiger partial charge < -0.3 is 24.8 Å². The molecule has 3 aromatic carbocycles. The lowest BCUT2D eigenvalue weighted by atomic mass is 10.1. The molecule has 0 bridgehead atoms. The maximum Gasteiger partial charge on any atom is 0.323 e. The fourth-order valence-electron chi connectivity index (χ4n) is 3.43. The van der Waals surface area contributed by atoms with E-state index in [4.69, 9.17) is 21.1 Å². The average molecular weight is 438 g/mol. The van der Waals surface area contributed by atoms with E-state index >= 15 is 0 Å². The van der Waals surface area contributed by atoms with E-state index < -0.39 is 0 Å². The highest BCUT2D eigenvalue weighted by Gasteiger charge is 2.13. The number of hydrogen-bond acceptors (Lipinski definition) is 4. The van der Waals surface area contributed by atoms with Crippen LogP contribution in [0.2, 0.25) is 5.02 Å². The zero-order valence-electron chi connectivity index (χ0n) is 17.4. The van der Waals surface area contributed by atoms with Crippen LogP contribution in [0.4, 0.5) is 5.69 Å². The first-order valence-electron chi connectivity index (χ1n) is 10.1. The number of nitrogens with one attached hydrogen (secondary N) is 3. The van der Waals surface area contributed by atoms with Gasteiger partial charge in [-0.15, -0.1) is 0 Å². The second-order valence-electron chi connectivity index (χ2n) is 7.31. The molecule has 0 amide bonds. The minimum Gasteiger partial charge on any atom is -0.490 e. The Morgan fingerprint density at radius 1 is 0.968 bits per heavy atom. The Labute approximate surface area is 185 Å². The summed E-state index contributed by atoms with van der Waals surface area (Å²) in [5.41, 5.74) is 5.40. The van der Waals surface area contributed by atoms with E-state index in [9.17, 15) is 4.79 Å². The molecule has 4 rings (SSSR count). The Balaban J connectivity index is 1.50. The van der Waals surface area contributed by atoms with Crippen LogP contribution in [0.15, 0.2) is 59.4 Å². The Morgan fingerprint density at radius 2 is 1.81 bits per heavy atom. The van der Waals surface area contributed by atoms with Crippen LogP contribution in [0.5, 0.6) is 11.5 Å². The minimum absolute atomic E-state index is 0.221. The Morgan fingerprint density at radius 3 is 2.61 bits per heavy atom. The second-order valence-corrected chi connectivity index (χ2v) is 7.72. The lowest BCUT2D eigenvalue weighted by molar-refractivity contribution is 0.269. The van der Waals surface area contributed by atoms with Crippen molar-refractivity contribution in [1.82, 2.24) is 9.97 Å². The molecule has 3 N–H and O–H groups in total. The topological polar surface area (TPSA) is 79.1 Å². The summed E-state index contributed by atoms with van der Waals surface area (Å²) in [5, 5.41) is 3.85. The van der Waals surface area contributed by atoms with Crippen LogP contribution in [-0.4, -0.2) is 16.6 Å². The number of aromatic nitrogens is 2. The first kappa shape index (κ1) is 20.9. The van der Waals surface area contributed by atoms with Gasteiger partial charge in [-0.2, -0.15) is 0 Å². The number of halogens is 1. The second kappa shape index (κ2) is 9.18. The number of imidazole rings is 1. The Kier molecular flexibility index (Phi) is 6.18. The average Bonchev–Trinajstić information content (AvgIpc) is 3.11. The van der Waals surface area contributed by atoms with Gasteiger partial charge in [-0.3, -0.25) is 0 Å². The SMILES string of the molecule is CCOc1cc(CNc2ccc3[nH]c(=O)[nH]c3c2)cc(Cl)c1OCc1cccc(C)c1. The molecule has 6 nitrogen and oxygen atoms in total. The summed E-state index contributed by atoms with van der Waals surface area (Å²) in [6.07, 6.45) is 0. The zero-order valence-corrected chi connectivity index (χ0v) is 18.2. The molecule has 0 aliphatic rings. The first-order valence-corrected chi connectivity index (χ1v) is 10.5. The zero-order chi connectivity index (χ0) is 21.8. The van der Waals surface area contributed by atoms with Crippen molar-refractivity contribution < 1.29 is 9.47 Å². The molecule has 0 aliphatic heterocycles. The van der Waals surface area contributed by atoms with E-state index in [1.165, 1.54) is 5.56 Å². The quantitative estimate of drug-likeness (QED) is 0.344. The predicted octanol–water partition coefficient (Wildman–Crippen LogP) is 5.41. The van der Waals surface area contributed by atoms with Crippen molar-refractivity contribution in [2.45, 2.75) is 27.0 Å². The lowest BCUT2D eigenvalue weighted by Gasteiger charge is -2.16. The molecule has 7 heteroatoms. The largest absolute Gasteiger partial charge is 0.490 e. The van der Waals surface area contributed by atoms with E-state index in [2.05, 4.69) is 34.3 Å². The van der Waals surface area contributed by atoms with Gasteiger partial charge in [-0.25, -0.2) is 4.79 Å². The Bertz CT molecular complexity index is 1260. The van der Waals surface area contributed by atoms with Crippen LogP contribution in [0.1, 0.15) is 23.6 Å². The van der Waals surface area contributed by atoms with Gasteiger partial charge in [0.2, 0.25) is 0 Å². The predicted molar refractivity (Wildman–Crippen MR) is 124 cm³/mol. The van der Waals surface area contributed by atoms with Crippen molar-refractivity contribution in [2.75, 3.05) is 11.9 Å². The van der Waals surface area contributed by atoms with E-state index in [0.29, 0.717) is 36.3 Å². The molecule has 4 aromatic rings. The number of fused-ring (bicyclic) bond motifs is 1. The maximum absolute atomic E-state index is 11.4.